The van der Waals surface area contributed by atoms with Crippen LogP contribution >= 0.6 is 0 Å². The minimum Gasteiger partial charge on any atom is -0.494 e. The molecule has 0 bridgehead atoms. The molecule has 0 unspecified atom stereocenters. The Morgan fingerprint density at radius 3 is 1.90 bits per heavy atom. The highest BCUT2D eigenvalue weighted by Crippen LogP contribution is 2.19. The molecule has 1 rings (SSSR count). The molecule has 0 atom stereocenters. The summed E-state index contributed by atoms with van der Waals surface area (Å²) in [5, 5.41) is 25.7. The molecule has 0 radical (unpaired) electrons. The van der Waals surface area contributed by atoms with Gasteiger partial charge in [-0.3, -0.25) is 0 Å². The summed E-state index contributed by atoms with van der Waals surface area (Å²) < 4.78 is 0.361. The number of carboxylic acid groups (broad SMARTS) is 1. The zero-order valence-electron chi connectivity index (χ0n) is 4.85. The molecule has 0 saturated carbocycles. The molecule has 1 aromatic rings. The lowest BCUT2D eigenvalue weighted by atomic mass is 10.6. The van der Waals surface area contributed by atoms with Crippen molar-refractivity contribution < 1.29 is 20.1 Å². The van der Waals surface area contributed by atoms with Crippen LogP contribution < -0.4 is 0 Å². The van der Waals surface area contributed by atoms with Crippen LogP contribution in [0, 0.1) is 0 Å². The summed E-state index contributed by atoms with van der Waals surface area (Å²) in [5.41, 5.74) is 0. The maximum atomic E-state index is 10.1. The van der Waals surface area contributed by atoms with Crippen molar-refractivity contribution in [2.75, 3.05) is 0 Å². The Balaban J connectivity index is 3.23. The minimum absolute atomic E-state index is 0.361. The van der Waals surface area contributed by atoms with Crippen molar-refractivity contribution in [2.45, 2.75) is 0 Å². The Labute approximate surface area is 55.8 Å². The van der Waals surface area contributed by atoms with Crippen molar-refractivity contribution in [3.8, 4) is 11.8 Å². The van der Waals surface area contributed by atoms with Crippen LogP contribution in [0.2, 0.25) is 0 Å². The lowest BCUT2D eigenvalue weighted by molar-refractivity contribution is 0.190. The lowest BCUT2D eigenvalue weighted by Crippen LogP contribution is -2.05. The van der Waals surface area contributed by atoms with Crippen LogP contribution in [0.1, 0.15) is 0 Å². The zero-order chi connectivity index (χ0) is 7.72. The van der Waals surface area contributed by atoms with Crippen LogP contribution in [-0.4, -0.2) is 26.0 Å². The van der Waals surface area contributed by atoms with E-state index in [0.29, 0.717) is 4.57 Å². The molecule has 0 saturated heterocycles. The summed E-state index contributed by atoms with van der Waals surface area (Å²) in [6.45, 7) is 0. The van der Waals surface area contributed by atoms with Gasteiger partial charge in [0.15, 0.2) is 0 Å². The van der Waals surface area contributed by atoms with Crippen molar-refractivity contribution in [3.63, 3.8) is 0 Å². The van der Waals surface area contributed by atoms with Gasteiger partial charge in [-0.05, 0) is 0 Å². The summed E-state index contributed by atoms with van der Waals surface area (Å²) in [6.07, 6.45) is -1.42. The Morgan fingerprint density at radius 1 is 1.30 bits per heavy atom. The fraction of sp³-hybridized carbons (Fsp3) is 0. The fourth-order valence-electron chi connectivity index (χ4n) is 0.611. The summed E-state index contributed by atoms with van der Waals surface area (Å²) >= 11 is 0. The van der Waals surface area contributed by atoms with E-state index in [0.717, 1.165) is 12.1 Å². The van der Waals surface area contributed by atoms with Gasteiger partial charge in [0, 0.05) is 12.1 Å². The SMILES string of the molecule is O=C(O)n1c(O)ccc1O. The third-order valence-corrected chi connectivity index (χ3v) is 1.03. The van der Waals surface area contributed by atoms with E-state index in [4.69, 9.17) is 15.3 Å². The molecule has 0 aliphatic rings. The zero-order valence-corrected chi connectivity index (χ0v) is 4.85. The van der Waals surface area contributed by atoms with E-state index < -0.39 is 17.9 Å². The van der Waals surface area contributed by atoms with Gasteiger partial charge in [-0.15, -0.1) is 0 Å². The Hall–Kier alpha value is -1.65. The highest BCUT2D eigenvalue weighted by Gasteiger charge is 2.10. The first kappa shape index (κ1) is 6.47. The Morgan fingerprint density at radius 2 is 1.70 bits per heavy atom. The van der Waals surface area contributed by atoms with Crippen LogP contribution in [0.15, 0.2) is 12.1 Å². The van der Waals surface area contributed by atoms with Gasteiger partial charge in [-0.2, -0.15) is 4.57 Å². The standard InChI is InChI=1S/C5H5NO4/c7-3-1-2-4(8)6(3)5(9)10/h1-2,7-8H,(H,9,10). The smallest absolute Gasteiger partial charge is 0.421 e. The number of rotatable bonds is 0. The second kappa shape index (κ2) is 1.94. The van der Waals surface area contributed by atoms with Crippen LogP contribution in [-0.2, 0) is 0 Å². The molecule has 0 aliphatic heterocycles. The van der Waals surface area contributed by atoms with Gasteiger partial charge in [0.05, 0.1) is 0 Å². The summed E-state index contributed by atoms with van der Waals surface area (Å²) in [5.74, 6) is -0.991. The quantitative estimate of drug-likeness (QED) is 0.491. The van der Waals surface area contributed by atoms with E-state index in [2.05, 4.69) is 0 Å². The molecule has 0 spiro atoms. The van der Waals surface area contributed by atoms with E-state index in [1.165, 1.54) is 0 Å². The van der Waals surface area contributed by atoms with Gasteiger partial charge >= 0.3 is 6.09 Å². The van der Waals surface area contributed by atoms with Crippen LogP contribution in [0.25, 0.3) is 0 Å². The largest absolute Gasteiger partial charge is 0.494 e. The predicted molar refractivity (Wildman–Crippen MR) is 31.2 cm³/mol. The van der Waals surface area contributed by atoms with Crippen LogP contribution in [0.3, 0.4) is 0 Å². The fourth-order valence-corrected chi connectivity index (χ4v) is 0.611. The van der Waals surface area contributed by atoms with E-state index in [1.54, 1.807) is 0 Å². The minimum atomic E-state index is -1.42. The molecule has 0 fully saturated rings. The normalized spacial score (nSPS) is 9.60. The molecule has 54 valence electrons. The molecule has 3 N–H and O–H groups in total. The molecule has 1 heterocycles. The molecule has 5 heteroatoms. The van der Waals surface area contributed by atoms with Gasteiger partial charge in [0.25, 0.3) is 0 Å². The second-order valence-electron chi connectivity index (χ2n) is 1.67. The van der Waals surface area contributed by atoms with Crippen molar-refractivity contribution in [1.29, 1.82) is 0 Å². The first-order valence-electron chi connectivity index (χ1n) is 2.46. The van der Waals surface area contributed by atoms with Crippen LogP contribution in [0.5, 0.6) is 11.8 Å². The summed E-state index contributed by atoms with van der Waals surface area (Å²) in [6, 6.07) is 2.17. The van der Waals surface area contributed by atoms with E-state index in [9.17, 15) is 4.79 Å². The molecule has 0 amide bonds. The van der Waals surface area contributed by atoms with Crippen molar-refractivity contribution >= 4 is 6.09 Å². The monoisotopic (exact) mass is 143 g/mol. The number of nitrogens with zero attached hydrogens (tertiary/aromatic N) is 1. The van der Waals surface area contributed by atoms with Crippen molar-refractivity contribution in [2.24, 2.45) is 0 Å². The molecule has 1 aromatic heterocycles. The maximum Gasteiger partial charge on any atom is 0.421 e. The first-order valence-corrected chi connectivity index (χ1v) is 2.46. The second-order valence-corrected chi connectivity index (χ2v) is 1.67. The van der Waals surface area contributed by atoms with Gasteiger partial charge in [-0.25, -0.2) is 4.79 Å². The molecule has 0 aliphatic carbocycles. The lowest BCUT2D eigenvalue weighted by Gasteiger charge is -1.96. The molecular weight excluding hydrogens is 138 g/mol. The number of carbonyl (C=O) groups is 1. The maximum absolute atomic E-state index is 10.1. The molecule has 10 heavy (non-hydrogen) atoms. The number of aromatic nitrogens is 1. The van der Waals surface area contributed by atoms with Gasteiger partial charge in [0.1, 0.15) is 0 Å². The highest BCUT2D eigenvalue weighted by molar-refractivity contribution is 5.72. The van der Waals surface area contributed by atoms with Crippen molar-refractivity contribution in [3.05, 3.63) is 12.1 Å². The number of aromatic hydroxyl groups is 2. The third kappa shape index (κ3) is 0.771. The average Bonchev–Trinajstić information content (AvgIpc) is 2.11. The van der Waals surface area contributed by atoms with Crippen molar-refractivity contribution in [1.82, 2.24) is 4.57 Å². The Kier molecular flexibility index (Phi) is 1.26. The third-order valence-electron chi connectivity index (χ3n) is 1.03. The van der Waals surface area contributed by atoms with E-state index in [1.807, 2.05) is 0 Å². The van der Waals surface area contributed by atoms with Gasteiger partial charge < -0.3 is 15.3 Å². The first-order chi connectivity index (χ1) is 4.63. The molecule has 0 aromatic carbocycles. The van der Waals surface area contributed by atoms with Crippen LogP contribution in [0.4, 0.5) is 4.79 Å². The number of hydrogen-bond donors (Lipinski definition) is 3. The van der Waals surface area contributed by atoms with E-state index in [-0.39, 0.29) is 0 Å². The summed E-state index contributed by atoms with van der Waals surface area (Å²) in [4.78, 5) is 10.1. The average molecular weight is 143 g/mol. The molecular formula is C5H5NO4. The summed E-state index contributed by atoms with van der Waals surface area (Å²) in [7, 11) is 0. The van der Waals surface area contributed by atoms with Gasteiger partial charge in [-0.1, -0.05) is 0 Å². The topological polar surface area (TPSA) is 82.7 Å². The Bertz CT molecular complexity index is 245. The number of hydrogen-bond acceptors (Lipinski definition) is 3. The highest BCUT2D eigenvalue weighted by atomic mass is 16.4. The van der Waals surface area contributed by atoms with Gasteiger partial charge in [0.2, 0.25) is 11.8 Å². The predicted octanol–water partition coefficient (Wildman–Crippen LogP) is 0.425. The van der Waals surface area contributed by atoms with E-state index >= 15 is 0 Å². The molecule has 5 nitrogen and oxygen atoms in total.